The molecule has 0 N–H and O–H groups in total. The Kier molecular flexibility index (Phi) is 7.78. The van der Waals surface area contributed by atoms with Crippen LogP contribution in [-0.2, 0) is 0 Å². The minimum absolute atomic E-state index is 0.503. The smallest absolute Gasteiger partial charge is 0.167 e. The first kappa shape index (κ1) is 33.9. The molecule has 60 heavy (non-hydrogen) atoms. The lowest BCUT2D eigenvalue weighted by atomic mass is 9.86. The molecule has 280 valence electrons. The molecular weight excluding hydrogens is 735 g/mol. The van der Waals surface area contributed by atoms with E-state index in [-0.39, 0.29) is 0 Å². The summed E-state index contributed by atoms with van der Waals surface area (Å²) in [7, 11) is 0. The van der Waals surface area contributed by atoms with Crippen molar-refractivity contribution in [2.24, 2.45) is 0 Å². The summed E-state index contributed by atoms with van der Waals surface area (Å²) in [5.41, 5.74) is 11.9. The van der Waals surface area contributed by atoms with Crippen molar-refractivity contribution < 1.29 is 8.83 Å². The van der Waals surface area contributed by atoms with Gasteiger partial charge in [-0.15, -0.1) is 0 Å². The first-order valence-corrected chi connectivity index (χ1v) is 20.1. The molecule has 0 saturated heterocycles. The summed E-state index contributed by atoms with van der Waals surface area (Å²) in [6.45, 7) is 0. The Morgan fingerprint density at radius 2 is 0.733 bits per heavy atom. The quantitative estimate of drug-likeness (QED) is 0.169. The highest BCUT2D eigenvalue weighted by Crippen LogP contribution is 2.46. The highest BCUT2D eigenvalue weighted by molar-refractivity contribution is 6.11. The Balaban J connectivity index is 1.22. The number of benzene rings is 9. The second-order valence-electron chi connectivity index (χ2n) is 15.1. The predicted molar refractivity (Wildman–Crippen MR) is 245 cm³/mol. The van der Waals surface area contributed by atoms with Crippen LogP contribution in [-0.4, -0.2) is 15.0 Å². The van der Waals surface area contributed by atoms with E-state index in [2.05, 4.69) is 140 Å². The molecule has 5 heteroatoms. The van der Waals surface area contributed by atoms with E-state index >= 15 is 0 Å². The summed E-state index contributed by atoms with van der Waals surface area (Å²) in [5.74, 6) is 1.54. The lowest BCUT2D eigenvalue weighted by molar-refractivity contribution is 0.669. The molecule has 0 radical (unpaired) electrons. The molecule has 0 unspecified atom stereocenters. The van der Waals surface area contributed by atoms with Crippen molar-refractivity contribution in [3.63, 3.8) is 0 Å². The molecule has 3 aromatic heterocycles. The van der Waals surface area contributed by atoms with Crippen molar-refractivity contribution in [2.75, 3.05) is 0 Å². The van der Waals surface area contributed by atoms with Crippen molar-refractivity contribution >= 4 is 54.6 Å². The number of rotatable bonds is 6. The minimum atomic E-state index is 0.503. The average molecular weight is 768 g/mol. The lowest BCUT2D eigenvalue weighted by Gasteiger charge is -2.20. The summed E-state index contributed by atoms with van der Waals surface area (Å²) in [5, 5.41) is 6.37. The molecule has 0 spiro atoms. The van der Waals surface area contributed by atoms with E-state index in [4.69, 9.17) is 23.8 Å². The zero-order valence-corrected chi connectivity index (χ0v) is 32.2. The molecule has 3 heterocycles. The molecular formula is C55H33N3O2. The van der Waals surface area contributed by atoms with Crippen molar-refractivity contribution in [1.29, 1.82) is 0 Å². The molecule has 0 bridgehead atoms. The molecule has 0 saturated carbocycles. The molecule has 12 aromatic rings. The van der Waals surface area contributed by atoms with Gasteiger partial charge >= 0.3 is 0 Å². The number of hydrogen-bond donors (Lipinski definition) is 0. The van der Waals surface area contributed by atoms with Crippen LogP contribution in [0, 0.1) is 0 Å². The van der Waals surface area contributed by atoms with Crippen molar-refractivity contribution in [1.82, 2.24) is 15.0 Å². The standard InChI is InChI=1S/C55H33N3O2/c1-3-16-34(17-4-1)37-32-46(36-18-5-2-6-19-36)50(47(33-37)39-25-13-21-35-20-7-8-22-38(35)39)55-57-53(44-28-14-26-42-40-23-9-11-30-48(40)59-51(42)44)56-54(58-55)45-29-15-27-43-41-24-10-12-31-49(41)60-52(43)45/h1-33H. The molecule has 0 amide bonds. The van der Waals surface area contributed by atoms with Gasteiger partial charge in [-0.3, -0.25) is 0 Å². The Bertz CT molecular complexity index is 3470. The molecule has 0 aliphatic carbocycles. The second-order valence-corrected chi connectivity index (χ2v) is 15.1. The number of hydrogen-bond acceptors (Lipinski definition) is 5. The molecule has 0 aliphatic heterocycles. The van der Waals surface area contributed by atoms with E-state index in [9.17, 15) is 0 Å². The third kappa shape index (κ3) is 5.52. The molecule has 12 rings (SSSR count). The summed E-state index contributed by atoms with van der Waals surface area (Å²) in [6.07, 6.45) is 0. The first-order valence-electron chi connectivity index (χ1n) is 20.1. The molecule has 0 fully saturated rings. The highest BCUT2D eigenvalue weighted by Gasteiger charge is 2.25. The van der Waals surface area contributed by atoms with Crippen molar-refractivity contribution in [2.45, 2.75) is 0 Å². The largest absolute Gasteiger partial charge is 0.455 e. The van der Waals surface area contributed by atoms with Gasteiger partial charge in [-0.25, -0.2) is 15.0 Å². The SMILES string of the molecule is c1ccc(-c2cc(-c3ccccc3)c(-c3nc(-c4cccc5c4oc4ccccc45)nc(-c4cccc5c4oc4ccccc45)n3)c(-c3cccc4ccccc34)c2)cc1. The number of fused-ring (bicyclic) bond motifs is 7. The van der Waals surface area contributed by atoms with Crippen molar-refractivity contribution in [3.8, 4) is 67.5 Å². The van der Waals surface area contributed by atoms with E-state index in [1.165, 1.54) is 0 Å². The van der Waals surface area contributed by atoms with Crippen LogP contribution in [0.1, 0.15) is 0 Å². The third-order valence-corrected chi connectivity index (χ3v) is 11.6. The van der Waals surface area contributed by atoms with Crippen LogP contribution in [0.2, 0.25) is 0 Å². The molecule has 5 nitrogen and oxygen atoms in total. The summed E-state index contributed by atoms with van der Waals surface area (Å²) < 4.78 is 13.2. The summed E-state index contributed by atoms with van der Waals surface area (Å²) in [6, 6.07) is 69.4. The van der Waals surface area contributed by atoms with Crippen LogP contribution in [0.4, 0.5) is 0 Å². The maximum atomic E-state index is 6.62. The Morgan fingerprint density at radius 3 is 1.37 bits per heavy atom. The molecule has 9 aromatic carbocycles. The monoisotopic (exact) mass is 767 g/mol. The topological polar surface area (TPSA) is 65.0 Å². The number of para-hydroxylation sites is 4. The maximum Gasteiger partial charge on any atom is 0.167 e. The molecule has 0 atom stereocenters. The van der Waals surface area contributed by atoms with E-state index in [0.717, 1.165) is 105 Å². The minimum Gasteiger partial charge on any atom is -0.455 e. The van der Waals surface area contributed by atoms with Crippen LogP contribution in [0.25, 0.3) is 122 Å². The normalized spacial score (nSPS) is 11.7. The molecule has 0 aliphatic rings. The van der Waals surface area contributed by atoms with Crippen LogP contribution < -0.4 is 0 Å². The van der Waals surface area contributed by atoms with Crippen LogP contribution in [0.3, 0.4) is 0 Å². The maximum absolute atomic E-state index is 6.62. The Morgan fingerprint density at radius 1 is 0.283 bits per heavy atom. The lowest BCUT2D eigenvalue weighted by Crippen LogP contribution is -2.03. The fraction of sp³-hybridized carbons (Fsp3) is 0. The Hall–Kier alpha value is -8.15. The number of aromatic nitrogens is 3. The number of nitrogens with zero attached hydrogens (tertiary/aromatic N) is 3. The van der Waals surface area contributed by atoms with Crippen LogP contribution >= 0.6 is 0 Å². The van der Waals surface area contributed by atoms with Gasteiger partial charge in [0.25, 0.3) is 0 Å². The summed E-state index contributed by atoms with van der Waals surface area (Å²) >= 11 is 0. The van der Waals surface area contributed by atoms with Gasteiger partial charge < -0.3 is 8.83 Å². The van der Waals surface area contributed by atoms with Crippen LogP contribution in [0.5, 0.6) is 0 Å². The zero-order valence-electron chi connectivity index (χ0n) is 32.2. The van der Waals surface area contributed by atoms with Crippen molar-refractivity contribution in [3.05, 3.63) is 200 Å². The van der Waals surface area contributed by atoms with Gasteiger partial charge in [-0.1, -0.05) is 164 Å². The first-order chi connectivity index (χ1) is 29.7. The fourth-order valence-corrected chi connectivity index (χ4v) is 8.77. The van der Waals surface area contributed by atoms with Gasteiger partial charge in [-0.05, 0) is 80.6 Å². The highest BCUT2D eigenvalue weighted by atomic mass is 16.3. The van der Waals surface area contributed by atoms with Gasteiger partial charge in [0.2, 0.25) is 0 Å². The van der Waals surface area contributed by atoms with Gasteiger partial charge in [0.05, 0.1) is 11.1 Å². The second kappa shape index (κ2) is 13.8. The fourth-order valence-electron chi connectivity index (χ4n) is 8.77. The summed E-state index contributed by atoms with van der Waals surface area (Å²) in [4.78, 5) is 16.3. The van der Waals surface area contributed by atoms with E-state index in [1.54, 1.807) is 0 Å². The van der Waals surface area contributed by atoms with Crippen LogP contribution in [0.15, 0.2) is 209 Å². The number of furan rings is 2. The van der Waals surface area contributed by atoms with E-state index in [1.807, 2.05) is 60.7 Å². The average Bonchev–Trinajstić information content (AvgIpc) is 3.90. The Labute approximate surface area is 344 Å². The van der Waals surface area contributed by atoms with Gasteiger partial charge in [0.15, 0.2) is 17.5 Å². The zero-order chi connectivity index (χ0) is 39.6. The van der Waals surface area contributed by atoms with E-state index < -0.39 is 0 Å². The predicted octanol–water partition coefficient (Wildman–Crippen LogP) is 14.8. The van der Waals surface area contributed by atoms with Gasteiger partial charge in [0.1, 0.15) is 22.3 Å². The third-order valence-electron chi connectivity index (χ3n) is 11.6. The van der Waals surface area contributed by atoms with Gasteiger partial charge in [0, 0.05) is 27.1 Å². The van der Waals surface area contributed by atoms with Gasteiger partial charge in [-0.2, -0.15) is 0 Å². The van der Waals surface area contributed by atoms with E-state index in [0.29, 0.717) is 17.5 Å².